The number of alkyl halides is 6. The van der Waals surface area contributed by atoms with Crippen molar-refractivity contribution in [2.45, 2.75) is 87.9 Å². The number of esters is 2. The fourth-order valence-corrected chi connectivity index (χ4v) is 9.75. The molecule has 0 spiro atoms. The summed E-state index contributed by atoms with van der Waals surface area (Å²) in [6.07, 6.45) is -3.93. The highest BCUT2D eigenvalue weighted by molar-refractivity contribution is 6.34. The number of nitrogens with zero attached hydrogens (tertiary/aromatic N) is 3. The van der Waals surface area contributed by atoms with Gasteiger partial charge in [-0.05, 0) is 83.8 Å². The SMILES string of the molecule is O=C(CCCCCN1C(=O)C=CC1=O)OCCc1ccc(C2C(=O)c3ccc(C(c4ccc5c(c4)C(=O)N(c4ccc(CCOC(=O)CCCCCN6C(=O)C=CC6=O)cc4)C5=O)(C(F)(F)F)C(F)(F)F)cc3C2=O)cc1. The van der Waals surface area contributed by atoms with E-state index in [1.165, 1.54) is 72.8 Å². The van der Waals surface area contributed by atoms with E-state index in [-0.39, 0.29) is 86.9 Å². The summed E-state index contributed by atoms with van der Waals surface area (Å²) in [5.41, 5.74) is -8.85. The molecular formula is C56H47F6N3O12. The third-order valence-electron chi connectivity index (χ3n) is 13.8. The Bertz CT molecular complexity index is 2900. The Balaban J connectivity index is 0.890. The van der Waals surface area contributed by atoms with E-state index in [0.29, 0.717) is 84.9 Å². The number of Topliss-reactive ketones (excluding diaryl/α,β-unsaturated/α-hetero) is 2. The van der Waals surface area contributed by atoms with E-state index in [9.17, 15) is 47.9 Å². The molecule has 6 amide bonds. The molecule has 77 heavy (non-hydrogen) atoms. The van der Waals surface area contributed by atoms with Crippen molar-refractivity contribution in [2.24, 2.45) is 0 Å². The maximum atomic E-state index is 15.5. The van der Waals surface area contributed by atoms with Gasteiger partial charge in [-0.1, -0.05) is 67.4 Å². The van der Waals surface area contributed by atoms with Gasteiger partial charge in [-0.2, -0.15) is 26.3 Å². The zero-order chi connectivity index (χ0) is 55.4. The van der Waals surface area contributed by atoms with Crippen LogP contribution in [0.3, 0.4) is 0 Å². The lowest BCUT2D eigenvalue weighted by Gasteiger charge is -2.38. The number of imide groups is 3. The van der Waals surface area contributed by atoms with Crippen LogP contribution in [0.15, 0.2) is 109 Å². The second kappa shape index (κ2) is 22.5. The molecule has 0 radical (unpaired) electrons. The molecule has 0 N–H and O–H groups in total. The molecule has 15 nitrogen and oxygen atoms in total. The molecule has 4 aromatic rings. The molecule has 3 aliphatic heterocycles. The van der Waals surface area contributed by atoms with Gasteiger partial charge in [0.1, 0.15) is 5.92 Å². The number of anilines is 1. The number of ketones is 2. The predicted molar refractivity (Wildman–Crippen MR) is 259 cm³/mol. The summed E-state index contributed by atoms with van der Waals surface area (Å²) in [6, 6.07) is 14.7. The fraction of sp³-hybridized carbons (Fsp3) is 0.321. The Morgan fingerprint density at radius 3 is 1.35 bits per heavy atom. The number of rotatable bonds is 22. The number of halogens is 6. The van der Waals surface area contributed by atoms with Gasteiger partial charge < -0.3 is 9.47 Å². The molecule has 1 aliphatic carbocycles. The second-order valence-corrected chi connectivity index (χ2v) is 18.7. The summed E-state index contributed by atoms with van der Waals surface area (Å²) < 4.78 is 104. The first kappa shape index (κ1) is 54.9. The number of ether oxygens (including phenoxy) is 2. The predicted octanol–water partition coefficient (Wildman–Crippen LogP) is 8.20. The Kier molecular flexibility index (Phi) is 16.0. The highest BCUT2D eigenvalue weighted by atomic mass is 19.4. The largest absolute Gasteiger partial charge is 0.465 e. The van der Waals surface area contributed by atoms with Gasteiger partial charge in [0.2, 0.25) is 5.41 Å². The minimum absolute atomic E-state index is 0.0267. The molecular weight excluding hydrogens is 1020 g/mol. The molecule has 0 saturated carbocycles. The van der Waals surface area contributed by atoms with Crippen LogP contribution in [0.2, 0.25) is 0 Å². The van der Waals surface area contributed by atoms with E-state index < -0.39 is 92.4 Å². The number of fused-ring (bicyclic) bond motifs is 2. The summed E-state index contributed by atoms with van der Waals surface area (Å²) in [6.45, 7) is 0.398. The van der Waals surface area contributed by atoms with Crippen LogP contribution in [0.25, 0.3) is 0 Å². The quantitative estimate of drug-likeness (QED) is 0.0241. The van der Waals surface area contributed by atoms with Crippen molar-refractivity contribution in [2.75, 3.05) is 31.2 Å². The van der Waals surface area contributed by atoms with Crippen molar-refractivity contribution in [1.82, 2.24) is 9.80 Å². The van der Waals surface area contributed by atoms with Crippen molar-refractivity contribution in [1.29, 1.82) is 0 Å². The molecule has 0 aromatic heterocycles. The molecule has 21 heteroatoms. The van der Waals surface area contributed by atoms with E-state index in [1.54, 1.807) is 0 Å². The van der Waals surface area contributed by atoms with Gasteiger partial charge in [0.05, 0.1) is 30.0 Å². The standard InChI is InChI=1S/C56H47F6N3O12/c57-55(58,59)54(56(60,61)62,36-15-19-39-41(31-36)51(73)49(50(39)72)35-13-9-33(10-14-35)25-29-76-47(70)7-3-1-5-27-63-43(66)21-22-44(63)67)37-16-20-40-42(32-37)53(75)65(52(40)74)38-17-11-34(12-18-38)26-30-77-48(71)8-4-2-6-28-64-45(68)23-24-46(64)69/h9-24,31-32,49H,1-8,25-30H2. The summed E-state index contributed by atoms with van der Waals surface area (Å²) in [4.78, 5) is 129. The molecule has 1 unspecified atom stereocenters. The summed E-state index contributed by atoms with van der Waals surface area (Å²) in [5.74, 6) is -8.25. The highest BCUT2D eigenvalue weighted by Gasteiger charge is 2.73. The molecule has 4 aliphatic rings. The topological polar surface area (TPSA) is 199 Å². The molecule has 0 fully saturated rings. The monoisotopic (exact) mass is 1070 g/mol. The van der Waals surface area contributed by atoms with E-state index in [1.807, 2.05) is 0 Å². The lowest BCUT2D eigenvalue weighted by Crippen LogP contribution is -2.55. The van der Waals surface area contributed by atoms with E-state index >= 15 is 26.3 Å². The van der Waals surface area contributed by atoms with Gasteiger partial charge in [0, 0.05) is 74.2 Å². The van der Waals surface area contributed by atoms with Crippen molar-refractivity contribution in [3.63, 3.8) is 0 Å². The average molecular weight is 1070 g/mol. The lowest BCUT2D eigenvalue weighted by atomic mass is 9.71. The molecule has 0 bridgehead atoms. The second-order valence-electron chi connectivity index (χ2n) is 18.7. The Morgan fingerprint density at radius 1 is 0.468 bits per heavy atom. The maximum Gasteiger partial charge on any atom is 0.411 e. The van der Waals surface area contributed by atoms with Gasteiger partial charge in [0.15, 0.2) is 11.6 Å². The van der Waals surface area contributed by atoms with Gasteiger partial charge in [-0.25, -0.2) is 4.90 Å². The van der Waals surface area contributed by atoms with Crippen molar-refractivity contribution >= 4 is 64.6 Å². The molecule has 0 saturated heterocycles. The molecule has 8 rings (SSSR count). The van der Waals surface area contributed by atoms with Crippen LogP contribution in [0.5, 0.6) is 0 Å². The number of amides is 6. The first-order valence-corrected chi connectivity index (χ1v) is 24.6. The molecule has 400 valence electrons. The number of hydrogen-bond donors (Lipinski definition) is 0. The lowest BCUT2D eigenvalue weighted by molar-refractivity contribution is -0.288. The number of carbonyl (C=O) groups is 10. The first-order chi connectivity index (χ1) is 36.6. The highest BCUT2D eigenvalue weighted by Crippen LogP contribution is 2.57. The maximum absolute atomic E-state index is 15.5. The molecule has 1 atom stereocenters. The summed E-state index contributed by atoms with van der Waals surface area (Å²) in [5, 5.41) is 0. The normalized spacial score (nSPS) is 16.4. The molecule has 3 heterocycles. The molecule has 4 aromatic carbocycles. The zero-order valence-corrected chi connectivity index (χ0v) is 40.9. The van der Waals surface area contributed by atoms with Gasteiger partial charge in [-0.3, -0.25) is 57.7 Å². The number of hydrogen-bond acceptors (Lipinski definition) is 12. The van der Waals surface area contributed by atoms with E-state index in [2.05, 4.69) is 0 Å². The number of unbranched alkanes of at least 4 members (excludes halogenated alkanes) is 4. The van der Waals surface area contributed by atoms with E-state index in [0.717, 1.165) is 15.9 Å². The van der Waals surface area contributed by atoms with E-state index in [4.69, 9.17) is 9.47 Å². The number of benzene rings is 4. The van der Waals surface area contributed by atoms with Crippen LogP contribution in [0.4, 0.5) is 32.0 Å². The fourth-order valence-electron chi connectivity index (χ4n) is 9.75. The van der Waals surface area contributed by atoms with Crippen LogP contribution < -0.4 is 4.90 Å². The van der Waals surface area contributed by atoms with Crippen LogP contribution >= 0.6 is 0 Å². The van der Waals surface area contributed by atoms with Crippen LogP contribution in [0.1, 0.15) is 127 Å². The minimum Gasteiger partial charge on any atom is -0.465 e. The van der Waals surface area contributed by atoms with Crippen molar-refractivity contribution in [3.8, 4) is 0 Å². The first-order valence-electron chi connectivity index (χ1n) is 24.6. The number of carbonyl (C=O) groups excluding carboxylic acids is 10. The summed E-state index contributed by atoms with van der Waals surface area (Å²) in [7, 11) is 0. The third kappa shape index (κ3) is 11.2. The Labute approximate surface area is 435 Å². The minimum atomic E-state index is -6.18. The summed E-state index contributed by atoms with van der Waals surface area (Å²) >= 11 is 0. The Morgan fingerprint density at radius 2 is 0.883 bits per heavy atom. The Hall–Kier alpha value is -8.36. The van der Waals surface area contributed by atoms with Gasteiger partial charge >= 0.3 is 24.3 Å². The smallest absolute Gasteiger partial charge is 0.411 e. The van der Waals surface area contributed by atoms with Crippen molar-refractivity contribution < 1.29 is 83.8 Å². The zero-order valence-electron chi connectivity index (χ0n) is 40.9. The van der Waals surface area contributed by atoms with Crippen LogP contribution in [0, 0.1) is 0 Å². The van der Waals surface area contributed by atoms with Crippen molar-refractivity contribution in [3.05, 3.63) is 159 Å². The van der Waals surface area contributed by atoms with Gasteiger partial charge in [-0.15, -0.1) is 0 Å². The van der Waals surface area contributed by atoms with Gasteiger partial charge in [0.25, 0.3) is 35.4 Å². The average Bonchev–Trinajstić information content (AvgIpc) is 4.14. The van der Waals surface area contributed by atoms with Crippen LogP contribution in [-0.2, 0) is 56.5 Å². The third-order valence-corrected chi connectivity index (χ3v) is 13.8. The van der Waals surface area contributed by atoms with Crippen LogP contribution in [-0.4, -0.2) is 107 Å².